The number of amides is 4. The van der Waals surface area contributed by atoms with Gasteiger partial charge < -0.3 is 10.2 Å². The van der Waals surface area contributed by atoms with Gasteiger partial charge in [0.15, 0.2) is 0 Å². The van der Waals surface area contributed by atoms with E-state index >= 15 is 0 Å². The van der Waals surface area contributed by atoms with Crippen LogP contribution in [0.4, 0.5) is 0 Å². The summed E-state index contributed by atoms with van der Waals surface area (Å²) in [6.07, 6.45) is 3.08. The average Bonchev–Trinajstić information content (AvgIpc) is 2.95. The Labute approximate surface area is 165 Å². The third-order valence-electron chi connectivity index (χ3n) is 5.36. The van der Waals surface area contributed by atoms with Crippen molar-refractivity contribution in [3.63, 3.8) is 0 Å². The van der Waals surface area contributed by atoms with Gasteiger partial charge in [0.05, 0.1) is 11.1 Å². The van der Waals surface area contributed by atoms with E-state index in [9.17, 15) is 19.2 Å². The Morgan fingerprint density at radius 1 is 1.00 bits per heavy atom. The monoisotopic (exact) mass is 385 g/mol. The number of hydrogen-bond donors (Lipinski definition) is 1. The lowest BCUT2D eigenvalue weighted by Gasteiger charge is -2.32. The lowest BCUT2D eigenvalue weighted by atomic mass is 10.0. The summed E-state index contributed by atoms with van der Waals surface area (Å²) in [4.78, 5) is 52.9. The quantitative estimate of drug-likeness (QED) is 0.757. The van der Waals surface area contributed by atoms with Crippen molar-refractivity contribution in [2.75, 3.05) is 19.6 Å². The van der Waals surface area contributed by atoms with Crippen LogP contribution in [0.3, 0.4) is 0 Å². The highest BCUT2D eigenvalue weighted by atomic mass is 16.2. The molecule has 2 aliphatic rings. The van der Waals surface area contributed by atoms with Gasteiger partial charge in [-0.2, -0.15) is 0 Å². The van der Waals surface area contributed by atoms with Crippen molar-refractivity contribution in [3.8, 4) is 0 Å². The molecule has 0 bridgehead atoms. The normalized spacial score (nSPS) is 17.7. The molecule has 0 aromatic heterocycles. The zero-order valence-electron chi connectivity index (χ0n) is 16.4. The number of nitrogens with zero attached hydrogens (tertiary/aromatic N) is 2. The van der Waals surface area contributed by atoms with Gasteiger partial charge in [-0.15, -0.1) is 0 Å². The fourth-order valence-corrected chi connectivity index (χ4v) is 3.73. The van der Waals surface area contributed by atoms with Gasteiger partial charge in [0.2, 0.25) is 11.8 Å². The van der Waals surface area contributed by atoms with Crippen LogP contribution in [0.5, 0.6) is 0 Å². The maximum atomic E-state index is 12.8. The van der Waals surface area contributed by atoms with E-state index in [2.05, 4.69) is 5.32 Å². The molecule has 1 atom stereocenters. The van der Waals surface area contributed by atoms with Gasteiger partial charge in [-0.05, 0) is 37.3 Å². The molecule has 0 aliphatic carbocycles. The van der Waals surface area contributed by atoms with Gasteiger partial charge in [-0.3, -0.25) is 24.1 Å². The molecule has 1 fully saturated rings. The lowest BCUT2D eigenvalue weighted by Crippen LogP contribution is -2.52. The standard InChI is InChI=1S/C21H27N3O4/c1-14(2)18(21(28)23-11-6-3-7-12-23)22-17(25)10-13-24-19(26)15-8-4-5-9-16(15)20(24)27/h4-5,8-9,14,18H,3,6-7,10-13H2,1-2H3,(H,22,25)/t18-/m0/s1. The fourth-order valence-electron chi connectivity index (χ4n) is 3.73. The van der Waals surface area contributed by atoms with E-state index in [1.807, 2.05) is 18.7 Å². The van der Waals surface area contributed by atoms with Crippen LogP contribution in [0.15, 0.2) is 24.3 Å². The van der Waals surface area contributed by atoms with Crippen LogP contribution < -0.4 is 5.32 Å². The van der Waals surface area contributed by atoms with E-state index < -0.39 is 6.04 Å². The van der Waals surface area contributed by atoms with Crippen molar-refractivity contribution in [2.45, 2.75) is 45.6 Å². The van der Waals surface area contributed by atoms with Gasteiger partial charge in [-0.1, -0.05) is 26.0 Å². The zero-order valence-corrected chi connectivity index (χ0v) is 16.4. The van der Waals surface area contributed by atoms with Gasteiger partial charge in [0.25, 0.3) is 11.8 Å². The maximum absolute atomic E-state index is 12.8. The molecule has 0 radical (unpaired) electrons. The minimum absolute atomic E-state index is 0.000893. The smallest absolute Gasteiger partial charge is 0.261 e. The first-order chi connectivity index (χ1) is 13.4. The number of carbonyl (C=O) groups excluding carboxylic acids is 4. The first kappa shape index (κ1) is 20.0. The largest absolute Gasteiger partial charge is 0.344 e. The van der Waals surface area contributed by atoms with Crippen LogP contribution in [0.25, 0.3) is 0 Å². The second kappa shape index (κ2) is 8.54. The zero-order chi connectivity index (χ0) is 20.3. The Balaban J connectivity index is 1.57. The van der Waals surface area contributed by atoms with Crippen molar-refractivity contribution in [1.29, 1.82) is 0 Å². The van der Waals surface area contributed by atoms with Gasteiger partial charge in [0, 0.05) is 26.1 Å². The van der Waals surface area contributed by atoms with Gasteiger partial charge in [0.1, 0.15) is 6.04 Å². The number of benzene rings is 1. The minimum Gasteiger partial charge on any atom is -0.344 e. The molecule has 1 aromatic rings. The predicted octanol–water partition coefficient (Wildman–Crippen LogP) is 1.83. The number of piperidine rings is 1. The van der Waals surface area contributed by atoms with Crippen LogP contribution in [-0.4, -0.2) is 59.1 Å². The third kappa shape index (κ3) is 4.08. The lowest BCUT2D eigenvalue weighted by molar-refractivity contribution is -0.138. The molecule has 7 nitrogen and oxygen atoms in total. The van der Waals surface area contributed by atoms with Crippen molar-refractivity contribution < 1.29 is 19.2 Å². The number of likely N-dealkylation sites (tertiary alicyclic amines) is 1. The van der Waals surface area contributed by atoms with Crippen molar-refractivity contribution in [3.05, 3.63) is 35.4 Å². The van der Waals surface area contributed by atoms with Crippen LogP contribution in [0.2, 0.25) is 0 Å². The van der Waals surface area contributed by atoms with E-state index in [4.69, 9.17) is 0 Å². The molecule has 0 spiro atoms. The van der Waals surface area contributed by atoms with Gasteiger partial charge in [-0.25, -0.2) is 0 Å². The second-order valence-corrected chi connectivity index (χ2v) is 7.73. The fraction of sp³-hybridized carbons (Fsp3) is 0.524. The molecule has 0 saturated carbocycles. The summed E-state index contributed by atoms with van der Waals surface area (Å²) >= 11 is 0. The number of imide groups is 1. The Bertz CT molecular complexity index is 749. The summed E-state index contributed by atoms with van der Waals surface area (Å²) in [7, 11) is 0. The highest BCUT2D eigenvalue weighted by Gasteiger charge is 2.35. The van der Waals surface area contributed by atoms with Crippen molar-refractivity contribution in [1.82, 2.24) is 15.1 Å². The molecule has 28 heavy (non-hydrogen) atoms. The Morgan fingerprint density at radius 3 is 2.11 bits per heavy atom. The molecule has 2 aliphatic heterocycles. The van der Waals surface area contributed by atoms with E-state index in [1.165, 1.54) is 0 Å². The molecular weight excluding hydrogens is 358 g/mol. The maximum Gasteiger partial charge on any atom is 0.261 e. The first-order valence-corrected chi connectivity index (χ1v) is 9.93. The Hall–Kier alpha value is -2.70. The molecule has 1 N–H and O–H groups in total. The molecule has 1 aromatic carbocycles. The number of fused-ring (bicyclic) bond motifs is 1. The predicted molar refractivity (Wildman–Crippen MR) is 104 cm³/mol. The topological polar surface area (TPSA) is 86.8 Å². The van der Waals surface area contributed by atoms with Gasteiger partial charge >= 0.3 is 0 Å². The second-order valence-electron chi connectivity index (χ2n) is 7.73. The molecule has 3 rings (SSSR count). The number of hydrogen-bond acceptors (Lipinski definition) is 4. The van der Waals surface area contributed by atoms with E-state index in [0.29, 0.717) is 11.1 Å². The Kier molecular flexibility index (Phi) is 6.11. The number of nitrogens with one attached hydrogen (secondary N) is 1. The molecule has 2 heterocycles. The van der Waals surface area contributed by atoms with Crippen molar-refractivity contribution >= 4 is 23.6 Å². The summed E-state index contributed by atoms with van der Waals surface area (Å²) < 4.78 is 0. The summed E-state index contributed by atoms with van der Waals surface area (Å²) in [6.45, 7) is 5.26. The van der Waals surface area contributed by atoms with Crippen LogP contribution in [0, 0.1) is 5.92 Å². The number of rotatable bonds is 6. The summed E-state index contributed by atoms with van der Waals surface area (Å²) in [6, 6.07) is 6.05. The molecule has 1 saturated heterocycles. The SMILES string of the molecule is CC(C)[C@H](NC(=O)CCN1C(=O)c2ccccc2C1=O)C(=O)N1CCCCC1. The van der Waals surface area contributed by atoms with E-state index in [1.54, 1.807) is 24.3 Å². The van der Waals surface area contributed by atoms with E-state index in [-0.39, 0.29) is 42.5 Å². The third-order valence-corrected chi connectivity index (χ3v) is 5.36. The van der Waals surface area contributed by atoms with Crippen LogP contribution >= 0.6 is 0 Å². The summed E-state index contributed by atoms with van der Waals surface area (Å²) in [5.74, 6) is -1.18. The van der Waals surface area contributed by atoms with Crippen LogP contribution in [-0.2, 0) is 9.59 Å². The highest BCUT2D eigenvalue weighted by Crippen LogP contribution is 2.22. The molecular formula is C21H27N3O4. The number of carbonyl (C=O) groups is 4. The average molecular weight is 385 g/mol. The molecule has 7 heteroatoms. The first-order valence-electron chi connectivity index (χ1n) is 9.93. The molecule has 0 unspecified atom stereocenters. The highest BCUT2D eigenvalue weighted by molar-refractivity contribution is 6.21. The minimum atomic E-state index is -0.590. The summed E-state index contributed by atoms with van der Waals surface area (Å²) in [5, 5.41) is 2.81. The van der Waals surface area contributed by atoms with E-state index in [0.717, 1.165) is 37.3 Å². The van der Waals surface area contributed by atoms with Crippen LogP contribution in [0.1, 0.15) is 60.2 Å². The Morgan fingerprint density at radius 2 is 1.57 bits per heavy atom. The van der Waals surface area contributed by atoms with Crippen molar-refractivity contribution in [2.24, 2.45) is 5.92 Å². The summed E-state index contributed by atoms with van der Waals surface area (Å²) in [5.41, 5.74) is 0.737. The molecule has 150 valence electrons. The molecule has 4 amide bonds.